The Kier molecular flexibility index (Phi) is 5.48. The average Bonchev–Trinajstić information content (AvgIpc) is 2.92. The van der Waals surface area contributed by atoms with Crippen LogP contribution in [0, 0.1) is 20.8 Å². The van der Waals surface area contributed by atoms with Crippen molar-refractivity contribution in [2.24, 2.45) is 0 Å². The van der Waals surface area contributed by atoms with Crippen LogP contribution in [0.25, 0.3) is 5.78 Å². The lowest BCUT2D eigenvalue weighted by Gasteiger charge is -2.11. The number of benzene rings is 1. The second kappa shape index (κ2) is 7.84. The van der Waals surface area contributed by atoms with Crippen LogP contribution in [0.5, 0.6) is 0 Å². The highest BCUT2D eigenvalue weighted by molar-refractivity contribution is 5.74. The first-order valence-corrected chi connectivity index (χ1v) is 9.35. The fourth-order valence-corrected chi connectivity index (χ4v) is 3.29. The van der Waals surface area contributed by atoms with Gasteiger partial charge in [0.25, 0.3) is 5.78 Å². The topological polar surface area (TPSA) is 90.5 Å². The number of hydrogen-bond acceptors (Lipinski definition) is 6. The second-order valence-corrected chi connectivity index (χ2v) is 6.82. The Hall–Kier alpha value is -3.16. The maximum absolute atomic E-state index is 12.8. The van der Waals surface area contributed by atoms with E-state index in [-0.39, 0.29) is 12.4 Å². The van der Waals surface area contributed by atoms with E-state index in [0.29, 0.717) is 17.9 Å². The molecular formula is C20H25N5O3. The lowest BCUT2D eigenvalue weighted by atomic mass is 10.1. The number of hydrogen-bond donors (Lipinski definition) is 1. The molecule has 1 atom stereocenters. The molecule has 148 valence electrons. The van der Waals surface area contributed by atoms with Gasteiger partial charge < -0.3 is 10.1 Å². The second-order valence-electron chi connectivity index (χ2n) is 6.82. The van der Waals surface area contributed by atoms with Crippen molar-refractivity contribution in [1.82, 2.24) is 19.2 Å². The van der Waals surface area contributed by atoms with Gasteiger partial charge in [-0.15, -0.1) is 5.10 Å². The van der Waals surface area contributed by atoms with Gasteiger partial charge in [-0.25, -0.2) is 14.0 Å². The minimum absolute atomic E-state index is 0.236. The molecule has 2 heterocycles. The SMILES string of the molecule is CCOC(=O)C(CC)n1nc2nc(Nc3cc(C)cc(C)c3)cc(C)n2c1=O. The summed E-state index contributed by atoms with van der Waals surface area (Å²) in [6.07, 6.45) is 0.398. The molecule has 0 saturated heterocycles. The quantitative estimate of drug-likeness (QED) is 0.658. The molecule has 0 aliphatic carbocycles. The third-order valence-corrected chi connectivity index (χ3v) is 4.44. The minimum Gasteiger partial charge on any atom is -0.464 e. The third kappa shape index (κ3) is 3.76. The highest BCUT2D eigenvalue weighted by Crippen LogP contribution is 2.20. The van der Waals surface area contributed by atoms with Gasteiger partial charge in [-0.3, -0.25) is 0 Å². The van der Waals surface area contributed by atoms with E-state index in [2.05, 4.69) is 21.5 Å². The zero-order valence-corrected chi connectivity index (χ0v) is 16.8. The molecule has 0 amide bonds. The monoisotopic (exact) mass is 383 g/mol. The van der Waals surface area contributed by atoms with Crippen molar-refractivity contribution in [2.75, 3.05) is 11.9 Å². The number of nitrogens with zero attached hydrogens (tertiary/aromatic N) is 4. The summed E-state index contributed by atoms with van der Waals surface area (Å²) in [5.41, 5.74) is 3.46. The molecule has 1 unspecified atom stereocenters. The van der Waals surface area contributed by atoms with Gasteiger partial charge in [-0.2, -0.15) is 9.67 Å². The Morgan fingerprint density at radius 2 is 1.82 bits per heavy atom. The molecule has 1 aromatic carbocycles. The van der Waals surface area contributed by atoms with Crippen molar-refractivity contribution in [2.45, 2.75) is 47.1 Å². The van der Waals surface area contributed by atoms with Crippen molar-refractivity contribution < 1.29 is 9.53 Å². The smallest absolute Gasteiger partial charge is 0.352 e. The maximum Gasteiger partial charge on any atom is 0.352 e. The number of aromatic nitrogens is 4. The van der Waals surface area contributed by atoms with Gasteiger partial charge >= 0.3 is 11.7 Å². The number of rotatable bonds is 6. The Morgan fingerprint density at radius 3 is 2.43 bits per heavy atom. The van der Waals surface area contributed by atoms with Crippen LogP contribution >= 0.6 is 0 Å². The summed E-state index contributed by atoms with van der Waals surface area (Å²) < 4.78 is 7.63. The van der Waals surface area contributed by atoms with E-state index < -0.39 is 17.7 Å². The number of carbonyl (C=O) groups is 1. The van der Waals surface area contributed by atoms with Crippen molar-refractivity contribution >= 4 is 23.3 Å². The van der Waals surface area contributed by atoms with Gasteiger partial charge in [0.2, 0.25) is 0 Å². The number of carbonyl (C=O) groups excluding carboxylic acids is 1. The Balaban J connectivity index is 2.03. The summed E-state index contributed by atoms with van der Waals surface area (Å²) in [6, 6.07) is 7.14. The van der Waals surface area contributed by atoms with Crippen LogP contribution in [0.1, 0.15) is 43.1 Å². The van der Waals surface area contributed by atoms with Gasteiger partial charge in [0, 0.05) is 17.4 Å². The van der Waals surface area contributed by atoms with Gasteiger partial charge in [0.15, 0.2) is 6.04 Å². The normalized spacial score (nSPS) is 12.2. The van der Waals surface area contributed by atoms with E-state index in [4.69, 9.17) is 4.74 Å². The first-order chi connectivity index (χ1) is 13.3. The molecule has 3 rings (SSSR count). The summed E-state index contributed by atoms with van der Waals surface area (Å²) in [5, 5.41) is 7.57. The Morgan fingerprint density at radius 1 is 1.14 bits per heavy atom. The standard InChI is InChI=1S/C20H25N5O3/c1-6-16(18(26)28-7-2)25-20(27)24-14(5)11-17(22-19(24)23-25)21-15-9-12(3)8-13(4)10-15/h8-11,16H,6-7H2,1-5H3,(H,21,22,23). The van der Waals surface area contributed by atoms with E-state index in [1.165, 1.54) is 4.40 Å². The lowest BCUT2D eigenvalue weighted by Crippen LogP contribution is -2.31. The van der Waals surface area contributed by atoms with Crippen LogP contribution in [0.2, 0.25) is 0 Å². The first kappa shape index (κ1) is 19.6. The summed E-state index contributed by atoms with van der Waals surface area (Å²) in [4.78, 5) is 29.5. The zero-order valence-electron chi connectivity index (χ0n) is 16.8. The summed E-state index contributed by atoms with van der Waals surface area (Å²) >= 11 is 0. The van der Waals surface area contributed by atoms with E-state index in [1.54, 1.807) is 19.9 Å². The summed E-state index contributed by atoms with van der Waals surface area (Å²) in [6.45, 7) is 9.65. The molecule has 0 aliphatic heterocycles. The molecule has 8 nitrogen and oxygen atoms in total. The van der Waals surface area contributed by atoms with Gasteiger partial charge in [-0.1, -0.05) is 13.0 Å². The van der Waals surface area contributed by atoms with E-state index >= 15 is 0 Å². The molecule has 1 N–H and O–H groups in total. The highest BCUT2D eigenvalue weighted by atomic mass is 16.5. The first-order valence-electron chi connectivity index (χ1n) is 9.35. The highest BCUT2D eigenvalue weighted by Gasteiger charge is 2.25. The molecule has 0 fully saturated rings. The fourth-order valence-electron chi connectivity index (χ4n) is 3.29. The minimum atomic E-state index is -0.774. The van der Waals surface area contributed by atoms with Crippen LogP contribution in [0.3, 0.4) is 0 Å². The van der Waals surface area contributed by atoms with E-state index in [1.807, 2.05) is 32.9 Å². The van der Waals surface area contributed by atoms with Gasteiger partial charge in [-0.05, 0) is 57.4 Å². The molecule has 0 spiro atoms. The number of ether oxygens (including phenoxy) is 1. The molecule has 3 aromatic rings. The summed E-state index contributed by atoms with van der Waals surface area (Å²) in [5.74, 6) is 0.345. The lowest BCUT2D eigenvalue weighted by molar-refractivity contribution is -0.147. The predicted molar refractivity (Wildman–Crippen MR) is 107 cm³/mol. The van der Waals surface area contributed by atoms with Gasteiger partial charge in [0.05, 0.1) is 6.61 Å². The van der Waals surface area contributed by atoms with Crippen LogP contribution < -0.4 is 11.0 Å². The molecule has 0 aliphatic rings. The van der Waals surface area contributed by atoms with Crippen molar-refractivity contribution in [3.05, 3.63) is 51.6 Å². The van der Waals surface area contributed by atoms with Gasteiger partial charge in [0.1, 0.15) is 5.82 Å². The average molecular weight is 383 g/mol. The van der Waals surface area contributed by atoms with Crippen LogP contribution in [0.4, 0.5) is 11.5 Å². The van der Waals surface area contributed by atoms with Crippen molar-refractivity contribution in [3.8, 4) is 0 Å². The number of aryl methyl sites for hydroxylation is 3. The predicted octanol–water partition coefficient (Wildman–Crippen LogP) is 3.07. The zero-order chi connectivity index (χ0) is 20.4. The molecule has 28 heavy (non-hydrogen) atoms. The number of esters is 1. The largest absolute Gasteiger partial charge is 0.464 e. The Bertz CT molecular complexity index is 1060. The fraction of sp³-hybridized carbons (Fsp3) is 0.400. The molecule has 0 bridgehead atoms. The number of anilines is 2. The van der Waals surface area contributed by atoms with Crippen LogP contribution in [0.15, 0.2) is 29.1 Å². The molecule has 8 heteroatoms. The third-order valence-electron chi connectivity index (χ3n) is 4.44. The number of fused-ring (bicyclic) bond motifs is 1. The molecule has 0 saturated carbocycles. The van der Waals surface area contributed by atoms with Crippen LogP contribution in [-0.4, -0.2) is 31.7 Å². The maximum atomic E-state index is 12.8. The molecular weight excluding hydrogens is 358 g/mol. The van der Waals surface area contributed by atoms with Crippen LogP contribution in [-0.2, 0) is 9.53 Å². The van der Waals surface area contributed by atoms with E-state index in [0.717, 1.165) is 21.5 Å². The van der Waals surface area contributed by atoms with Crippen molar-refractivity contribution in [1.29, 1.82) is 0 Å². The summed E-state index contributed by atoms with van der Waals surface area (Å²) in [7, 11) is 0. The molecule has 0 radical (unpaired) electrons. The molecule has 2 aromatic heterocycles. The Labute approximate surface area is 163 Å². The van der Waals surface area contributed by atoms with E-state index in [9.17, 15) is 9.59 Å². The number of nitrogens with one attached hydrogen (secondary N) is 1. The van der Waals surface area contributed by atoms with Crippen molar-refractivity contribution in [3.63, 3.8) is 0 Å².